The zero-order valence-corrected chi connectivity index (χ0v) is 18.1. The molecule has 0 saturated heterocycles. The summed E-state index contributed by atoms with van der Waals surface area (Å²) in [5.41, 5.74) is 1.66. The molecule has 148 valence electrons. The number of hydrogen-bond acceptors (Lipinski definition) is 5. The van der Waals surface area contributed by atoms with E-state index in [4.69, 9.17) is 21.1 Å². The minimum absolute atomic E-state index is 0.212. The van der Waals surface area contributed by atoms with Gasteiger partial charge in [0.25, 0.3) is 5.56 Å². The molecule has 0 saturated carbocycles. The highest BCUT2D eigenvalue weighted by Crippen LogP contribution is 2.25. The van der Waals surface area contributed by atoms with Gasteiger partial charge in [0.1, 0.15) is 10.8 Å². The van der Waals surface area contributed by atoms with Crippen molar-refractivity contribution in [1.29, 1.82) is 0 Å². The largest absolute Gasteiger partial charge is 0.492 e. The molecule has 0 atom stereocenters. The molecule has 7 heteroatoms. The summed E-state index contributed by atoms with van der Waals surface area (Å²) in [6.45, 7) is 9.01. The van der Waals surface area contributed by atoms with Crippen molar-refractivity contribution in [3.8, 4) is 5.75 Å². The fourth-order valence-corrected chi connectivity index (χ4v) is 3.56. The van der Waals surface area contributed by atoms with Crippen LogP contribution in [0.1, 0.15) is 31.9 Å². The van der Waals surface area contributed by atoms with Gasteiger partial charge in [0.2, 0.25) is 0 Å². The summed E-state index contributed by atoms with van der Waals surface area (Å²) in [6.07, 6.45) is 2.54. The van der Waals surface area contributed by atoms with E-state index in [9.17, 15) is 4.79 Å². The highest BCUT2D eigenvalue weighted by molar-refractivity contribution is 7.99. The third-order valence-electron chi connectivity index (χ3n) is 3.96. The normalized spacial score (nSPS) is 11.6. The van der Waals surface area contributed by atoms with Crippen LogP contribution in [0.15, 0.2) is 34.1 Å². The maximum Gasteiger partial charge on any atom is 0.287 e. The van der Waals surface area contributed by atoms with Gasteiger partial charge in [-0.1, -0.05) is 23.7 Å². The van der Waals surface area contributed by atoms with Crippen molar-refractivity contribution in [2.24, 2.45) is 0 Å². The summed E-state index contributed by atoms with van der Waals surface area (Å²) in [6, 6.07) is 6.17. The summed E-state index contributed by atoms with van der Waals surface area (Å²) in [5.74, 6) is 1.54. The number of methoxy groups -OCH3 is 1. The van der Waals surface area contributed by atoms with Crippen LogP contribution in [0.2, 0.25) is 5.02 Å². The second-order valence-corrected chi connectivity index (χ2v) is 8.76. The molecule has 0 aliphatic carbocycles. The molecule has 2 rings (SSSR count). The molecule has 0 bridgehead atoms. The predicted octanol–water partition coefficient (Wildman–Crippen LogP) is 4.32. The van der Waals surface area contributed by atoms with E-state index < -0.39 is 5.54 Å². The first-order chi connectivity index (χ1) is 12.7. The van der Waals surface area contributed by atoms with Crippen molar-refractivity contribution in [2.75, 3.05) is 26.1 Å². The average Bonchev–Trinajstić information content (AvgIpc) is 2.60. The van der Waals surface area contributed by atoms with E-state index in [-0.39, 0.29) is 10.6 Å². The molecule has 1 aromatic carbocycles. The standard InChI is InChI=1S/C20H27ClN2O3S/c1-14-12-15(8-9-25-5)6-7-16(14)26-10-11-27-17-13-22-23(20(2,3)4)19(24)18(17)21/h6-7,12-13H,8-11H2,1-5H3. The van der Waals surface area contributed by atoms with Crippen LogP contribution in [0.5, 0.6) is 5.75 Å². The van der Waals surface area contributed by atoms with E-state index in [1.54, 1.807) is 13.3 Å². The minimum atomic E-state index is -0.403. The molecule has 0 amide bonds. The molecule has 2 aromatic rings. The van der Waals surface area contributed by atoms with Gasteiger partial charge < -0.3 is 9.47 Å². The number of hydrogen-bond donors (Lipinski definition) is 0. The van der Waals surface area contributed by atoms with Crippen molar-refractivity contribution in [3.63, 3.8) is 0 Å². The Bertz CT molecular complexity index is 831. The predicted molar refractivity (Wildman–Crippen MR) is 111 cm³/mol. The Kier molecular flexibility index (Phi) is 7.77. The smallest absolute Gasteiger partial charge is 0.287 e. The molecule has 5 nitrogen and oxygen atoms in total. The lowest BCUT2D eigenvalue weighted by atomic mass is 10.1. The molecule has 0 aliphatic heterocycles. The summed E-state index contributed by atoms with van der Waals surface area (Å²) >= 11 is 7.71. The Labute approximate surface area is 170 Å². The van der Waals surface area contributed by atoms with Crippen LogP contribution >= 0.6 is 23.4 Å². The zero-order valence-electron chi connectivity index (χ0n) is 16.5. The molecular formula is C20H27ClN2O3S. The van der Waals surface area contributed by atoms with Crippen molar-refractivity contribution < 1.29 is 9.47 Å². The number of thioether (sulfide) groups is 1. The molecule has 1 heterocycles. The second kappa shape index (κ2) is 9.62. The number of rotatable bonds is 8. The van der Waals surface area contributed by atoms with E-state index in [1.807, 2.05) is 33.8 Å². The number of benzene rings is 1. The molecular weight excluding hydrogens is 384 g/mol. The molecule has 0 aliphatic rings. The lowest BCUT2D eigenvalue weighted by molar-refractivity contribution is 0.202. The van der Waals surface area contributed by atoms with Crippen molar-refractivity contribution >= 4 is 23.4 Å². The topological polar surface area (TPSA) is 53.4 Å². The van der Waals surface area contributed by atoms with Crippen molar-refractivity contribution in [2.45, 2.75) is 44.6 Å². The number of aromatic nitrogens is 2. The minimum Gasteiger partial charge on any atom is -0.492 e. The highest BCUT2D eigenvalue weighted by Gasteiger charge is 2.19. The Balaban J connectivity index is 1.92. The van der Waals surface area contributed by atoms with Crippen LogP contribution in [0.3, 0.4) is 0 Å². The van der Waals surface area contributed by atoms with Gasteiger partial charge in [0.05, 0.1) is 29.8 Å². The highest BCUT2D eigenvalue weighted by atomic mass is 35.5. The van der Waals surface area contributed by atoms with Crippen LogP contribution in [-0.2, 0) is 16.7 Å². The van der Waals surface area contributed by atoms with E-state index in [0.29, 0.717) is 23.9 Å². The zero-order chi connectivity index (χ0) is 20.0. The van der Waals surface area contributed by atoms with E-state index >= 15 is 0 Å². The summed E-state index contributed by atoms with van der Waals surface area (Å²) in [4.78, 5) is 13.0. The van der Waals surface area contributed by atoms with Crippen LogP contribution in [0.25, 0.3) is 0 Å². The van der Waals surface area contributed by atoms with Gasteiger partial charge in [0, 0.05) is 12.9 Å². The summed E-state index contributed by atoms with van der Waals surface area (Å²) < 4.78 is 12.4. The molecule has 0 radical (unpaired) electrons. The van der Waals surface area contributed by atoms with E-state index in [2.05, 4.69) is 17.2 Å². The van der Waals surface area contributed by atoms with Gasteiger partial charge in [-0.15, -0.1) is 11.8 Å². The Morgan fingerprint density at radius 3 is 2.63 bits per heavy atom. The van der Waals surface area contributed by atoms with Crippen molar-refractivity contribution in [3.05, 3.63) is 50.9 Å². The lowest BCUT2D eigenvalue weighted by Crippen LogP contribution is -2.36. The fraction of sp³-hybridized carbons (Fsp3) is 0.500. The number of nitrogens with zero attached hydrogens (tertiary/aromatic N) is 2. The quantitative estimate of drug-likeness (QED) is 0.479. The van der Waals surface area contributed by atoms with Crippen molar-refractivity contribution in [1.82, 2.24) is 9.78 Å². The van der Waals surface area contributed by atoms with E-state index in [0.717, 1.165) is 17.7 Å². The first-order valence-electron chi connectivity index (χ1n) is 8.86. The number of halogens is 1. The van der Waals surface area contributed by atoms with Crippen LogP contribution in [0.4, 0.5) is 0 Å². The summed E-state index contributed by atoms with van der Waals surface area (Å²) in [7, 11) is 1.70. The molecule has 0 fully saturated rings. The lowest BCUT2D eigenvalue weighted by Gasteiger charge is -2.21. The Morgan fingerprint density at radius 2 is 2.00 bits per heavy atom. The third-order valence-corrected chi connectivity index (χ3v) is 5.42. The maximum atomic E-state index is 12.4. The first-order valence-corrected chi connectivity index (χ1v) is 10.2. The van der Waals surface area contributed by atoms with E-state index in [1.165, 1.54) is 22.0 Å². The average molecular weight is 411 g/mol. The van der Waals surface area contributed by atoms with Gasteiger partial charge in [0.15, 0.2) is 0 Å². The molecule has 1 aromatic heterocycles. The second-order valence-electron chi connectivity index (χ2n) is 7.25. The fourth-order valence-electron chi connectivity index (χ4n) is 2.55. The Hall–Kier alpha value is -1.50. The summed E-state index contributed by atoms with van der Waals surface area (Å²) in [5, 5.41) is 4.46. The van der Waals surface area contributed by atoms with Gasteiger partial charge in [-0.3, -0.25) is 4.79 Å². The number of ether oxygens (including phenoxy) is 2. The van der Waals surface area contributed by atoms with Gasteiger partial charge in [-0.25, -0.2) is 4.68 Å². The van der Waals surface area contributed by atoms with Crippen LogP contribution in [0, 0.1) is 6.92 Å². The maximum absolute atomic E-state index is 12.4. The van der Waals surface area contributed by atoms with Gasteiger partial charge in [-0.05, 0) is 51.3 Å². The SMILES string of the molecule is COCCc1ccc(OCCSc2cnn(C(C)(C)C)c(=O)c2Cl)c(C)c1. The first kappa shape index (κ1) is 21.8. The molecule has 0 unspecified atom stereocenters. The van der Waals surface area contributed by atoms with Crippen LogP contribution in [-0.4, -0.2) is 35.9 Å². The third kappa shape index (κ3) is 5.99. The molecule has 0 N–H and O–H groups in total. The number of aryl methyl sites for hydroxylation is 1. The van der Waals surface area contributed by atoms with Gasteiger partial charge >= 0.3 is 0 Å². The van der Waals surface area contributed by atoms with Crippen LogP contribution < -0.4 is 10.3 Å². The Morgan fingerprint density at radius 1 is 1.26 bits per heavy atom. The van der Waals surface area contributed by atoms with Gasteiger partial charge in [-0.2, -0.15) is 5.10 Å². The monoisotopic (exact) mass is 410 g/mol. The molecule has 27 heavy (non-hydrogen) atoms. The molecule has 0 spiro atoms.